The van der Waals surface area contributed by atoms with Crippen molar-refractivity contribution in [2.75, 3.05) is 5.32 Å². The number of benzene rings is 3. The highest BCUT2D eigenvalue weighted by Gasteiger charge is 2.25. The Morgan fingerprint density at radius 1 is 0.944 bits per heavy atom. The number of hydrogen-bond acceptors (Lipinski definition) is 4. The van der Waals surface area contributed by atoms with Gasteiger partial charge in [-0.25, -0.2) is 17.8 Å². The van der Waals surface area contributed by atoms with Gasteiger partial charge in [0.05, 0.1) is 16.3 Å². The number of hydrogen-bond donors (Lipinski definition) is 2. The summed E-state index contributed by atoms with van der Waals surface area (Å²) in [7, 11) is -3.73. The second kappa shape index (κ2) is 10.0. The first-order chi connectivity index (χ1) is 16.9. The second-order valence-corrected chi connectivity index (χ2v) is 12.0. The van der Waals surface area contributed by atoms with E-state index in [0.717, 1.165) is 21.4 Å². The lowest BCUT2D eigenvalue weighted by Crippen LogP contribution is -2.40. The van der Waals surface area contributed by atoms with Crippen molar-refractivity contribution in [3.05, 3.63) is 94.7 Å². The molecular weight excluding hydrogens is 540 g/mol. The highest BCUT2D eigenvalue weighted by Crippen LogP contribution is 2.29. The first-order valence-electron chi connectivity index (χ1n) is 11.3. The molecule has 36 heavy (non-hydrogen) atoms. The fourth-order valence-electron chi connectivity index (χ4n) is 3.79. The van der Waals surface area contributed by atoms with Crippen LogP contribution < -0.4 is 10.0 Å². The maximum absolute atomic E-state index is 13.1. The number of aryl methyl sites for hydroxylation is 1. The smallest absolute Gasteiger partial charge is 0.274 e. The number of carbonyl (C=O) groups is 1. The molecule has 0 unspecified atom stereocenters. The largest absolute Gasteiger partial charge is 0.321 e. The first-order valence-corrected chi connectivity index (χ1v) is 13.6. The lowest BCUT2D eigenvalue weighted by atomic mass is 10.1. The number of nitrogens with zero attached hydrogens (tertiary/aromatic N) is 2. The monoisotopic (exact) mass is 566 g/mol. The lowest BCUT2D eigenvalue weighted by Gasteiger charge is -2.21. The maximum atomic E-state index is 13.1. The van der Waals surface area contributed by atoms with E-state index in [1.807, 2.05) is 31.2 Å². The van der Waals surface area contributed by atoms with Gasteiger partial charge in [0.15, 0.2) is 0 Å². The summed E-state index contributed by atoms with van der Waals surface area (Å²) in [6.45, 7) is 7.23. The third-order valence-corrected chi connectivity index (χ3v) is 7.50. The van der Waals surface area contributed by atoms with E-state index >= 15 is 0 Å². The number of halogens is 1. The van der Waals surface area contributed by atoms with Gasteiger partial charge in [-0.1, -0.05) is 52.3 Å². The number of anilines is 1. The fourth-order valence-corrected chi connectivity index (χ4v) is 5.83. The number of amides is 1. The van der Waals surface area contributed by atoms with Gasteiger partial charge in [-0.05, 0) is 75.7 Å². The Morgan fingerprint density at radius 2 is 1.64 bits per heavy atom. The molecule has 0 saturated carbocycles. The molecule has 0 aliphatic heterocycles. The Labute approximate surface area is 219 Å². The van der Waals surface area contributed by atoms with Crippen LogP contribution in [0.15, 0.2) is 88.2 Å². The molecule has 0 aliphatic carbocycles. The van der Waals surface area contributed by atoms with Crippen molar-refractivity contribution in [2.45, 2.75) is 38.1 Å². The molecular formula is C27H27BrN4O3S. The van der Waals surface area contributed by atoms with Crippen molar-refractivity contribution >= 4 is 37.5 Å². The molecule has 1 heterocycles. The Balaban J connectivity index is 1.59. The number of rotatable bonds is 6. The third kappa shape index (κ3) is 5.92. The van der Waals surface area contributed by atoms with Gasteiger partial charge in [0.2, 0.25) is 10.0 Å². The van der Waals surface area contributed by atoms with Crippen LogP contribution in [0.4, 0.5) is 5.69 Å². The highest BCUT2D eigenvalue weighted by molar-refractivity contribution is 9.10. The van der Waals surface area contributed by atoms with Crippen LogP contribution in [0.3, 0.4) is 0 Å². The molecule has 2 N–H and O–H groups in total. The van der Waals surface area contributed by atoms with E-state index in [4.69, 9.17) is 0 Å². The standard InChI is InChI=1S/C27H27BrN4O3S/c1-18-16-24(32(30-18)22-9-7-8-20(28)17-22)26(33)29-21-14-12-19(13-15-21)23-10-5-6-11-25(23)36(34,35)31-27(2,3)4/h5-17,31H,1-4H3,(H,29,33). The normalized spacial score (nSPS) is 11.9. The first kappa shape index (κ1) is 25.8. The Kier molecular flexibility index (Phi) is 7.17. The van der Waals surface area contributed by atoms with Crippen molar-refractivity contribution < 1.29 is 13.2 Å². The molecule has 0 spiro atoms. The molecule has 0 fully saturated rings. The molecule has 1 aromatic heterocycles. The van der Waals surface area contributed by atoms with Gasteiger partial charge in [0, 0.05) is 21.3 Å². The topological polar surface area (TPSA) is 93.1 Å². The number of carbonyl (C=O) groups excluding carboxylic acids is 1. The van der Waals surface area contributed by atoms with E-state index in [2.05, 4.69) is 31.1 Å². The summed E-state index contributed by atoms with van der Waals surface area (Å²) in [5.74, 6) is -0.305. The van der Waals surface area contributed by atoms with Crippen LogP contribution in [0.2, 0.25) is 0 Å². The third-order valence-electron chi connectivity index (χ3n) is 5.19. The lowest BCUT2D eigenvalue weighted by molar-refractivity contribution is 0.101. The van der Waals surface area contributed by atoms with Gasteiger partial charge < -0.3 is 5.32 Å². The summed E-state index contributed by atoms with van der Waals surface area (Å²) in [5, 5.41) is 7.38. The quantitative estimate of drug-likeness (QED) is 0.302. The van der Waals surface area contributed by atoms with Gasteiger partial charge in [0.1, 0.15) is 5.69 Å². The number of nitrogens with one attached hydrogen (secondary N) is 2. The summed E-state index contributed by atoms with van der Waals surface area (Å²) in [5.41, 5.74) is 3.15. The SMILES string of the molecule is Cc1cc(C(=O)Nc2ccc(-c3ccccc3S(=O)(=O)NC(C)(C)C)cc2)n(-c2cccc(Br)c2)n1. The average Bonchev–Trinajstić information content (AvgIpc) is 3.20. The minimum Gasteiger partial charge on any atom is -0.321 e. The summed E-state index contributed by atoms with van der Waals surface area (Å²) in [6, 6.07) is 23.2. The average molecular weight is 568 g/mol. The van der Waals surface area contributed by atoms with E-state index in [-0.39, 0.29) is 10.8 Å². The van der Waals surface area contributed by atoms with Crippen LogP contribution in [-0.4, -0.2) is 29.6 Å². The second-order valence-electron chi connectivity index (χ2n) is 9.45. The molecule has 0 saturated heterocycles. The van der Waals surface area contributed by atoms with Gasteiger partial charge in [-0.15, -0.1) is 0 Å². The molecule has 0 atom stereocenters. The molecule has 4 aromatic rings. The summed E-state index contributed by atoms with van der Waals surface area (Å²) >= 11 is 3.46. The Morgan fingerprint density at radius 3 is 2.31 bits per heavy atom. The molecule has 186 valence electrons. The molecule has 4 rings (SSSR count). The summed E-state index contributed by atoms with van der Waals surface area (Å²) < 4.78 is 31.2. The van der Waals surface area contributed by atoms with E-state index in [9.17, 15) is 13.2 Å². The minimum atomic E-state index is -3.73. The van der Waals surface area contributed by atoms with Gasteiger partial charge >= 0.3 is 0 Å². The number of sulfonamides is 1. The van der Waals surface area contributed by atoms with Crippen LogP contribution in [0.25, 0.3) is 16.8 Å². The van der Waals surface area contributed by atoms with Crippen molar-refractivity contribution in [2.24, 2.45) is 0 Å². The van der Waals surface area contributed by atoms with E-state index in [1.54, 1.807) is 80.1 Å². The molecule has 0 bridgehead atoms. The molecule has 7 nitrogen and oxygen atoms in total. The van der Waals surface area contributed by atoms with Gasteiger partial charge in [-0.2, -0.15) is 5.10 Å². The van der Waals surface area contributed by atoms with Crippen molar-refractivity contribution in [1.29, 1.82) is 0 Å². The van der Waals surface area contributed by atoms with Crippen LogP contribution in [-0.2, 0) is 10.0 Å². The Bertz CT molecular complexity index is 1520. The van der Waals surface area contributed by atoms with Crippen LogP contribution >= 0.6 is 15.9 Å². The van der Waals surface area contributed by atoms with Crippen LogP contribution in [0, 0.1) is 6.92 Å². The summed E-state index contributed by atoms with van der Waals surface area (Å²) in [4.78, 5) is 13.3. The molecule has 3 aromatic carbocycles. The molecule has 9 heteroatoms. The van der Waals surface area contributed by atoms with E-state index in [1.165, 1.54) is 0 Å². The molecule has 0 aliphatic rings. The summed E-state index contributed by atoms with van der Waals surface area (Å²) in [6.07, 6.45) is 0. The van der Waals surface area contributed by atoms with Crippen molar-refractivity contribution in [3.63, 3.8) is 0 Å². The number of aromatic nitrogens is 2. The van der Waals surface area contributed by atoms with Crippen molar-refractivity contribution in [1.82, 2.24) is 14.5 Å². The molecule has 1 amide bonds. The zero-order valence-electron chi connectivity index (χ0n) is 20.4. The fraction of sp³-hybridized carbons (Fsp3) is 0.185. The highest BCUT2D eigenvalue weighted by atomic mass is 79.9. The predicted molar refractivity (Wildman–Crippen MR) is 146 cm³/mol. The van der Waals surface area contributed by atoms with E-state index in [0.29, 0.717) is 16.9 Å². The van der Waals surface area contributed by atoms with Crippen LogP contribution in [0.1, 0.15) is 37.0 Å². The maximum Gasteiger partial charge on any atom is 0.274 e. The van der Waals surface area contributed by atoms with Crippen molar-refractivity contribution in [3.8, 4) is 16.8 Å². The van der Waals surface area contributed by atoms with Crippen LogP contribution in [0.5, 0.6) is 0 Å². The van der Waals surface area contributed by atoms with E-state index < -0.39 is 15.6 Å². The predicted octanol–water partition coefficient (Wildman–Crippen LogP) is 5.94. The minimum absolute atomic E-state index is 0.199. The van der Waals surface area contributed by atoms with Gasteiger partial charge in [-0.3, -0.25) is 4.79 Å². The zero-order valence-corrected chi connectivity index (χ0v) is 22.8. The zero-order chi connectivity index (χ0) is 26.1. The Hall–Kier alpha value is -3.27. The van der Waals surface area contributed by atoms with Gasteiger partial charge in [0.25, 0.3) is 5.91 Å². The molecule has 0 radical (unpaired) electrons.